The number of phenolic OH excluding ortho intramolecular Hbond substituents is 1. The van der Waals surface area contributed by atoms with Crippen molar-refractivity contribution in [2.75, 3.05) is 6.61 Å². The zero-order chi connectivity index (χ0) is 8.81. The Morgan fingerprint density at radius 3 is 2.83 bits per heavy atom. The molecule has 2 nitrogen and oxygen atoms in total. The molecular formula is C9H9ClO2. The topological polar surface area (TPSA) is 29.5 Å². The van der Waals surface area contributed by atoms with Crippen LogP contribution in [0.3, 0.4) is 0 Å². The van der Waals surface area contributed by atoms with E-state index in [-0.39, 0.29) is 5.75 Å². The van der Waals surface area contributed by atoms with Crippen molar-refractivity contribution in [1.29, 1.82) is 0 Å². The fourth-order valence-corrected chi connectivity index (χ4v) is 0.826. The SMILES string of the molecule is Oc1ccccc1OC/C=C/Cl. The van der Waals surface area contributed by atoms with Crippen LogP contribution in [-0.4, -0.2) is 11.7 Å². The van der Waals surface area contributed by atoms with Crippen molar-refractivity contribution in [3.63, 3.8) is 0 Å². The van der Waals surface area contributed by atoms with Gasteiger partial charge in [-0.1, -0.05) is 23.7 Å². The number of halogens is 1. The Labute approximate surface area is 76.0 Å². The Morgan fingerprint density at radius 2 is 2.17 bits per heavy atom. The minimum atomic E-state index is 0.139. The minimum absolute atomic E-state index is 0.139. The van der Waals surface area contributed by atoms with E-state index >= 15 is 0 Å². The Balaban J connectivity index is 2.57. The molecule has 0 aliphatic rings. The lowest BCUT2D eigenvalue weighted by molar-refractivity contribution is 0.336. The van der Waals surface area contributed by atoms with Gasteiger partial charge in [0.1, 0.15) is 6.61 Å². The maximum atomic E-state index is 9.23. The second kappa shape index (κ2) is 4.67. The van der Waals surface area contributed by atoms with Crippen LogP contribution in [0, 0.1) is 0 Å². The van der Waals surface area contributed by atoms with Crippen LogP contribution in [0.4, 0.5) is 0 Å². The number of phenols is 1. The van der Waals surface area contributed by atoms with Crippen molar-refractivity contribution in [3.05, 3.63) is 35.9 Å². The van der Waals surface area contributed by atoms with E-state index in [1.165, 1.54) is 5.54 Å². The second-order valence-electron chi connectivity index (χ2n) is 2.14. The van der Waals surface area contributed by atoms with Gasteiger partial charge in [0.25, 0.3) is 0 Å². The predicted molar refractivity (Wildman–Crippen MR) is 48.6 cm³/mol. The van der Waals surface area contributed by atoms with Gasteiger partial charge in [-0.3, -0.25) is 0 Å². The predicted octanol–water partition coefficient (Wildman–Crippen LogP) is 2.52. The molecule has 1 aromatic rings. The van der Waals surface area contributed by atoms with Gasteiger partial charge in [0.2, 0.25) is 0 Å². The maximum Gasteiger partial charge on any atom is 0.161 e. The van der Waals surface area contributed by atoms with E-state index in [9.17, 15) is 5.11 Å². The zero-order valence-corrected chi connectivity index (χ0v) is 7.16. The average Bonchev–Trinajstić information content (AvgIpc) is 2.09. The summed E-state index contributed by atoms with van der Waals surface area (Å²) in [6, 6.07) is 6.79. The lowest BCUT2D eigenvalue weighted by atomic mass is 10.3. The van der Waals surface area contributed by atoms with E-state index in [1.54, 1.807) is 30.3 Å². The Bertz CT molecular complexity index is 271. The third-order valence-corrected chi connectivity index (χ3v) is 1.47. The van der Waals surface area contributed by atoms with Gasteiger partial charge in [-0.25, -0.2) is 0 Å². The molecule has 0 spiro atoms. The Kier molecular flexibility index (Phi) is 3.48. The highest BCUT2D eigenvalue weighted by Gasteiger charge is 1.96. The molecule has 12 heavy (non-hydrogen) atoms. The number of para-hydroxylation sites is 2. The summed E-state index contributed by atoms with van der Waals surface area (Å²) < 4.78 is 5.16. The lowest BCUT2D eigenvalue weighted by Crippen LogP contribution is -1.92. The molecule has 0 amide bonds. The molecule has 0 saturated heterocycles. The van der Waals surface area contributed by atoms with Crippen LogP contribution < -0.4 is 4.74 Å². The Hall–Kier alpha value is -1.15. The minimum Gasteiger partial charge on any atom is -0.504 e. The number of aromatic hydroxyl groups is 1. The molecule has 1 rings (SSSR count). The van der Waals surface area contributed by atoms with Crippen molar-refractivity contribution < 1.29 is 9.84 Å². The molecule has 0 bridgehead atoms. The second-order valence-corrected chi connectivity index (χ2v) is 2.39. The van der Waals surface area contributed by atoms with Crippen LogP contribution in [0.1, 0.15) is 0 Å². The van der Waals surface area contributed by atoms with Gasteiger partial charge in [0.15, 0.2) is 11.5 Å². The highest BCUT2D eigenvalue weighted by molar-refractivity contribution is 6.25. The first-order valence-electron chi connectivity index (χ1n) is 3.50. The summed E-state index contributed by atoms with van der Waals surface area (Å²) in [5.41, 5.74) is 1.37. The summed E-state index contributed by atoms with van der Waals surface area (Å²) in [4.78, 5) is 0. The summed E-state index contributed by atoms with van der Waals surface area (Å²) in [6.07, 6.45) is 1.65. The van der Waals surface area contributed by atoms with Crippen LogP contribution in [0.2, 0.25) is 0 Å². The molecule has 0 radical (unpaired) electrons. The third kappa shape index (κ3) is 2.47. The first kappa shape index (κ1) is 8.94. The number of ether oxygens (including phenoxy) is 1. The third-order valence-electron chi connectivity index (χ3n) is 1.29. The molecule has 1 N–H and O–H groups in total. The molecule has 0 atom stereocenters. The fourth-order valence-electron chi connectivity index (χ4n) is 0.753. The van der Waals surface area contributed by atoms with Gasteiger partial charge in [-0.05, 0) is 18.2 Å². The normalized spacial score (nSPS) is 10.4. The average molecular weight is 185 g/mol. The number of benzene rings is 1. The van der Waals surface area contributed by atoms with Crippen LogP contribution in [0.25, 0.3) is 0 Å². The fraction of sp³-hybridized carbons (Fsp3) is 0.111. The van der Waals surface area contributed by atoms with Crippen LogP contribution in [0.15, 0.2) is 35.9 Å². The van der Waals surface area contributed by atoms with Crippen molar-refractivity contribution in [1.82, 2.24) is 0 Å². The molecule has 0 saturated carbocycles. The van der Waals surface area contributed by atoms with E-state index in [0.717, 1.165) is 0 Å². The van der Waals surface area contributed by atoms with Crippen LogP contribution in [0.5, 0.6) is 11.5 Å². The van der Waals surface area contributed by atoms with E-state index in [0.29, 0.717) is 12.4 Å². The van der Waals surface area contributed by atoms with E-state index in [4.69, 9.17) is 16.3 Å². The van der Waals surface area contributed by atoms with Gasteiger partial charge in [-0.15, -0.1) is 0 Å². The van der Waals surface area contributed by atoms with Crippen molar-refractivity contribution in [2.45, 2.75) is 0 Å². The van der Waals surface area contributed by atoms with E-state index < -0.39 is 0 Å². The highest BCUT2D eigenvalue weighted by atomic mass is 35.5. The van der Waals surface area contributed by atoms with Crippen molar-refractivity contribution in [3.8, 4) is 11.5 Å². The molecule has 0 unspecified atom stereocenters. The molecule has 0 aliphatic carbocycles. The Morgan fingerprint density at radius 1 is 1.42 bits per heavy atom. The molecule has 1 aromatic carbocycles. The standard InChI is InChI=1S/C9H9ClO2/c10-6-3-7-12-9-5-2-1-4-8(9)11/h1-6,11H,7H2/b6-3+. The quantitative estimate of drug-likeness (QED) is 0.782. The molecule has 0 aliphatic heterocycles. The molecule has 0 heterocycles. The summed E-state index contributed by atoms with van der Waals surface area (Å²) >= 11 is 5.28. The van der Waals surface area contributed by atoms with Gasteiger partial charge in [0, 0.05) is 5.54 Å². The summed E-state index contributed by atoms with van der Waals surface area (Å²) in [7, 11) is 0. The van der Waals surface area contributed by atoms with E-state index in [1.807, 2.05) is 0 Å². The molecule has 0 aromatic heterocycles. The number of rotatable bonds is 3. The first-order chi connectivity index (χ1) is 5.84. The highest BCUT2D eigenvalue weighted by Crippen LogP contribution is 2.23. The monoisotopic (exact) mass is 184 g/mol. The summed E-state index contributed by atoms with van der Waals surface area (Å²) in [5, 5.41) is 9.23. The maximum absolute atomic E-state index is 9.23. The lowest BCUT2D eigenvalue weighted by Gasteiger charge is -2.03. The molecule has 3 heteroatoms. The van der Waals surface area contributed by atoms with Crippen molar-refractivity contribution >= 4 is 11.6 Å². The van der Waals surface area contributed by atoms with Gasteiger partial charge >= 0.3 is 0 Å². The molecule has 0 fully saturated rings. The molecule has 64 valence electrons. The molecular weight excluding hydrogens is 176 g/mol. The van der Waals surface area contributed by atoms with Gasteiger partial charge in [0.05, 0.1) is 0 Å². The van der Waals surface area contributed by atoms with Crippen LogP contribution in [-0.2, 0) is 0 Å². The van der Waals surface area contributed by atoms with Gasteiger partial charge < -0.3 is 9.84 Å². The first-order valence-corrected chi connectivity index (χ1v) is 3.94. The van der Waals surface area contributed by atoms with Crippen LogP contribution >= 0.6 is 11.6 Å². The number of hydrogen-bond acceptors (Lipinski definition) is 2. The van der Waals surface area contributed by atoms with Gasteiger partial charge in [-0.2, -0.15) is 0 Å². The zero-order valence-electron chi connectivity index (χ0n) is 6.40. The summed E-state index contributed by atoms with van der Waals surface area (Å²) in [6.45, 7) is 0.362. The van der Waals surface area contributed by atoms with Crippen molar-refractivity contribution in [2.24, 2.45) is 0 Å². The largest absolute Gasteiger partial charge is 0.504 e. The van der Waals surface area contributed by atoms with E-state index in [2.05, 4.69) is 0 Å². The smallest absolute Gasteiger partial charge is 0.161 e. The summed E-state index contributed by atoms with van der Waals surface area (Å²) in [5.74, 6) is 0.604. The number of hydrogen-bond donors (Lipinski definition) is 1.